The zero-order valence-electron chi connectivity index (χ0n) is 12.1. The van der Waals surface area contributed by atoms with Crippen molar-refractivity contribution >= 4 is 23.1 Å². The molecule has 118 valence electrons. The highest BCUT2D eigenvalue weighted by atomic mass is 19.3. The van der Waals surface area contributed by atoms with Crippen LogP contribution in [0.1, 0.15) is 26.6 Å². The van der Waals surface area contributed by atoms with Crippen molar-refractivity contribution in [2.24, 2.45) is 0 Å². The molecule has 1 N–H and O–H groups in total. The molecule has 0 aliphatic carbocycles. The van der Waals surface area contributed by atoms with Crippen LogP contribution in [0.5, 0.6) is 0 Å². The van der Waals surface area contributed by atoms with Crippen molar-refractivity contribution in [3.8, 4) is 0 Å². The van der Waals surface area contributed by atoms with Gasteiger partial charge in [0.15, 0.2) is 0 Å². The molecule has 0 unspecified atom stereocenters. The number of aromatic nitrogens is 2. The molecule has 1 heterocycles. The van der Waals surface area contributed by atoms with Crippen LogP contribution < -0.4 is 0 Å². The van der Waals surface area contributed by atoms with Gasteiger partial charge in [0.2, 0.25) is 5.82 Å². The number of fused-ring (bicyclic) bond motifs is 1. The van der Waals surface area contributed by atoms with E-state index < -0.39 is 29.4 Å². The first-order chi connectivity index (χ1) is 10.0. The van der Waals surface area contributed by atoms with Crippen LogP contribution in [0.2, 0.25) is 0 Å². The van der Waals surface area contributed by atoms with Gasteiger partial charge in [-0.1, -0.05) is 12.1 Å². The fourth-order valence-corrected chi connectivity index (χ4v) is 1.82. The summed E-state index contributed by atoms with van der Waals surface area (Å²) < 4.78 is 33.3. The third-order valence-corrected chi connectivity index (χ3v) is 2.69. The number of carbonyl (C=O) groups excluding carboxylic acids is 1. The Labute approximate surface area is 124 Å². The van der Waals surface area contributed by atoms with Crippen LogP contribution in [-0.2, 0) is 15.5 Å². The van der Waals surface area contributed by atoms with Crippen LogP contribution in [0.15, 0.2) is 24.3 Å². The summed E-state index contributed by atoms with van der Waals surface area (Å²) >= 11 is 0. The van der Waals surface area contributed by atoms with Crippen molar-refractivity contribution in [3.05, 3.63) is 30.1 Å². The van der Waals surface area contributed by atoms with Crippen molar-refractivity contribution in [2.45, 2.75) is 32.3 Å². The van der Waals surface area contributed by atoms with E-state index in [-0.39, 0.29) is 11.0 Å². The average molecular weight is 312 g/mol. The molecule has 22 heavy (non-hydrogen) atoms. The van der Waals surface area contributed by atoms with Gasteiger partial charge in [-0.3, -0.25) is 0 Å². The summed E-state index contributed by atoms with van der Waals surface area (Å²) in [5.74, 6) is -7.90. The maximum absolute atomic E-state index is 13.9. The van der Waals surface area contributed by atoms with Crippen LogP contribution in [0, 0.1) is 0 Å². The number of hydrogen-bond acceptors (Lipinski definition) is 4. The van der Waals surface area contributed by atoms with E-state index in [1.54, 1.807) is 20.8 Å². The molecule has 0 fully saturated rings. The van der Waals surface area contributed by atoms with Crippen LogP contribution in [0.4, 0.5) is 13.6 Å². The van der Waals surface area contributed by atoms with E-state index in [9.17, 15) is 18.4 Å². The SMILES string of the molecule is CC(C)(C)OC(=O)n1c(C(F)(F)C(=O)O)nc2ccccc21. The van der Waals surface area contributed by atoms with Crippen LogP contribution >= 0.6 is 0 Å². The number of carboxylic acid groups (broad SMARTS) is 1. The Morgan fingerprint density at radius 2 is 1.82 bits per heavy atom. The minimum absolute atomic E-state index is 0.0488. The lowest BCUT2D eigenvalue weighted by Crippen LogP contribution is -2.34. The third-order valence-electron chi connectivity index (χ3n) is 2.69. The van der Waals surface area contributed by atoms with Gasteiger partial charge in [0, 0.05) is 0 Å². The summed E-state index contributed by atoms with van der Waals surface area (Å²) in [6.45, 7) is 4.71. The van der Waals surface area contributed by atoms with Gasteiger partial charge in [-0.15, -0.1) is 0 Å². The summed E-state index contributed by atoms with van der Waals surface area (Å²) in [6.07, 6.45) is -1.11. The molecule has 0 amide bonds. The van der Waals surface area contributed by atoms with Crippen LogP contribution in [-0.4, -0.2) is 32.3 Å². The number of ether oxygens (including phenoxy) is 1. The Balaban J connectivity index is 2.69. The fourth-order valence-electron chi connectivity index (χ4n) is 1.82. The predicted octanol–water partition coefficient (Wildman–Crippen LogP) is 3.00. The lowest BCUT2D eigenvalue weighted by Gasteiger charge is -2.21. The number of carboxylic acids is 1. The number of hydrogen-bond donors (Lipinski definition) is 1. The van der Waals surface area contributed by atoms with E-state index >= 15 is 0 Å². The minimum atomic E-state index is -4.32. The number of aliphatic carboxylic acids is 1. The Hall–Kier alpha value is -2.51. The van der Waals surface area contributed by atoms with Gasteiger partial charge in [0.25, 0.3) is 0 Å². The third kappa shape index (κ3) is 2.76. The molecule has 1 aromatic carbocycles. The molecule has 0 bridgehead atoms. The number of imidazole rings is 1. The lowest BCUT2D eigenvalue weighted by molar-refractivity contribution is -0.167. The van der Waals surface area contributed by atoms with Gasteiger partial charge in [0.1, 0.15) is 5.60 Å². The molecule has 0 saturated carbocycles. The zero-order valence-corrected chi connectivity index (χ0v) is 12.1. The molecule has 8 heteroatoms. The van der Waals surface area contributed by atoms with Crippen molar-refractivity contribution < 1.29 is 28.2 Å². The quantitative estimate of drug-likeness (QED) is 0.922. The Kier molecular flexibility index (Phi) is 3.64. The molecule has 2 rings (SSSR count). The number of carbonyl (C=O) groups is 2. The molecule has 0 saturated heterocycles. The summed E-state index contributed by atoms with van der Waals surface area (Å²) in [5.41, 5.74) is -0.810. The minimum Gasteiger partial charge on any atom is -0.476 e. The van der Waals surface area contributed by atoms with Crippen molar-refractivity contribution in [2.75, 3.05) is 0 Å². The molecule has 1 aromatic heterocycles. The number of alkyl halides is 2. The second-order valence-electron chi connectivity index (χ2n) is 5.62. The van der Waals surface area contributed by atoms with Gasteiger partial charge in [-0.25, -0.2) is 19.1 Å². The molecule has 6 nitrogen and oxygen atoms in total. The number of rotatable bonds is 2. The Morgan fingerprint density at radius 1 is 1.23 bits per heavy atom. The highest BCUT2D eigenvalue weighted by Crippen LogP contribution is 2.31. The molecule has 2 aromatic rings. The second-order valence-corrected chi connectivity index (χ2v) is 5.62. The number of para-hydroxylation sites is 2. The largest absolute Gasteiger partial charge is 0.476 e. The van der Waals surface area contributed by atoms with Crippen LogP contribution in [0.3, 0.4) is 0 Å². The Morgan fingerprint density at radius 3 is 2.36 bits per heavy atom. The number of halogens is 2. The maximum atomic E-state index is 13.9. The van der Waals surface area contributed by atoms with E-state index in [0.29, 0.717) is 4.57 Å². The molecular weight excluding hydrogens is 298 g/mol. The van der Waals surface area contributed by atoms with E-state index in [2.05, 4.69) is 4.98 Å². The van der Waals surface area contributed by atoms with Crippen molar-refractivity contribution in [1.82, 2.24) is 9.55 Å². The number of benzene rings is 1. The van der Waals surface area contributed by atoms with Crippen molar-refractivity contribution in [3.63, 3.8) is 0 Å². The zero-order chi connectivity index (χ0) is 16.7. The van der Waals surface area contributed by atoms with Gasteiger partial charge < -0.3 is 9.84 Å². The average Bonchev–Trinajstić information content (AvgIpc) is 2.76. The second kappa shape index (κ2) is 5.04. The summed E-state index contributed by atoms with van der Waals surface area (Å²) in [7, 11) is 0. The molecule has 0 aliphatic heterocycles. The topological polar surface area (TPSA) is 81.4 Å². The first-order valence-corrected chi connectivity index (χ1v) is 6.36. The first kappa shape index (κ1) is 15.9. The van der Waals surface area contributed by atoms with Gasteiger partial charge in [-0.2, -0.15) is 8.78 Å². The van der Waals surface area contributed by atoms with E-state index in [0.717, 1.165) is 0 Å². The molecule has 0 radical (unpaired) electrons. The van der Waals surface area contributed by atoms with Gasteiger partial charge in [-0.05, 0) is 32.9 Å². The lowest BCUT2D eigenvalue weighted by atomic mass is 10.2. The van der Waals surface area contributed by atoms with E-state index in [1.165, 1.54) is 24.3 Å². The summed E-state index contributed by atoms with van der Waals surface area (Å²) in [4.78, 5) is 26.6. The van der Waals surface area contributed by atoms with Gasteiger partial charge >= 0.3 is 18.0 Å². The fraction of sp³-hybridized carbons (Fsp3) is 0.357. The highest BCUT2D eigenvalue weighted by molar-refractivity contribution is 5.90. The number of nitrogens with zero attached hydrogens (tertiary/aromatic N) is 2. The first-order valence-electron chi connectivity index (χ1n) is 6.36. The summed E-state index contributed by atoms with van der Waals surface area (Å²) in [6, 6.07) is 5.84. The molecule has 0 atom stereocenters. The predicted molar refractivity (Wildman–Crippen MR) is 72.9 cm³/mol. The monoisotopic (exact) mass is 312 g/mol. The van der Waals surface area contributed by atoms with E-state index in [4.69, 9.17) is 9.84 Å². The molecule has 0 spiro atoms. The van der Waals surface area contributed by atoms with Gasteiger partial charge in [0.05, 0.1) is 11.0 Å². The van der Waals surface area contributed by atoms with E-state index in [1.807, 2.05) is 0 Å². The van der Waals surface area contributed by atoms with Crippen molar-refractivity contribution in [1.29, 1.82) is 0 Å². The van der Waals surface area contributed by atoms with Crippen LogP contribution in [0.25, 0.3) is 11.0 Å². The maximum Gasteiger partial charge on any atom is 0.420 e. The molecular formula is C14H14F2N2O4. The highest BCUT2D eigenvalue weighted by Gasteiger charge is 2.47. The molecule has 0 aliphatic rings. The normalized spacial score (nSPS) is 12.4. The summed E-state index contributed by atoms with van der Waals surface area (Å²) in [5, 5.41) is 8.70. The Bertz CT molecular complexity index is 747. The standard InChI is InChI=1S/C14H14F2N2O4/c1-13(2,3)22-12(21)18-9-7-5-4-6-8(9)17-10(18)14(15,16)11(19)20/h4-7H,1-3H3,(H,19,20). The smallest absolute Gasteiger partial charge is 0.420 e.